The van der Waals surface area contributed by atoms with Crippen molar-refractivity contribution in [1.82, 2.24) is 9.80 Å². The van der Waals surface area contributed by atoms with Crippen molar-refractivity contribution in [3.05, 3.63) is 54.3 Å². The second kappa shape index (κ2) is 9.07. The van der Waals surface area contributed by atoms with Crippen LogP contribution >= 0.6 is 0 Å². The Kier molecular flexibility index (Phi) is 6.31. The van der Waals surface area contributed by atoms with E-state index in [1.54, 1.807) is 53.1 Å². The molecule has 0 saturated carbocycles. The molecule has 148 valence electrons. The van der Waals surface area contributed by atoms with E-state index in [0.29, 0.717) is 44.2 Å². The summed E-state index contributed by atoms with van der Waals surface area (Å²) < 4.78 is 24.5. The Balaban J connectivity index is 1.62. The third-order valence-electron chi connectivity index (χ3n) is 4.28. The van der Waals surface area contributed by atoms with Crippen molar-refractivity contribution in [3.8, 4) is 11.5 Å². The Labute approximate surface area is 162 Å². The van der Waals surface area contributed by atoms with E-state index in [4.69, 9.17) is 9.47 Å². The minimum absolute atomic E-state index is 0.0762. The van der Waals surface area contributed by atoms with E-state index in [2.05, 4.69) is 5.32 Å². The van der Waals surface area contributed by atoms with E-state index < -0.39 is 5.82 Å². The molecule has 1 fully saturated rings. The molecule has 1 saturated heterocycles. The summed E-state index contributed by atoms with van der Waals surface area (Å²) in [7, 11) is 0. The molecule has 0 bridgehead atoms. The fraction of sp³-hybridized carbons (Fsp3) is 0.300. The number of piperazine rings is 1. The molecular formula is C20H22FN3O4. The molecule has 28 heavy (non-hydrogen) atoms. The lowest BCUT2D eigenvalue weighted by molar-refractivity contribution is 0.0868. The molecule has 8 heteroatoms. The summed E-state index contributed by atoms with van der Waals surface area (Å²) in [5, 5.41) is 2.79. The van der Waals surface area contributed by atoms with Gasteiger partial charge in [-0.3, -0.25) is 0 Å². The van der Waals surface area contributed by atoms with E-state index >= 15 is 0 Å². The van der Waals surface area contributed by atoms with Crippen LogP contribution in [0.25, 0.3) is 0 Å². The number of nitrogens with one attached hydrogen (secondary N) is 1. The lowest BCUT2D eigenvalue weighted by atomic mass is 10.2. The summed E-state index contributed by atoms with van der Waals surface area (Å²) in [6.07, 6.45) is -0.369. The Bertz CT molecular complexity index is 838. The standard InChI is InChI=1S/C20H22FN3O4/c1-2-27-20(26)24-13-11-23(12-14-24)19(25)22-16-8-4-6-10-18(16)28-17-9-5-3-7-15(17)21/h3-10H,2,11-14H2,1H3,(H,22,25). The van der Waals surface area contributed by atoms with Gasteiger partial charge in [-0.1, -0.05) is 24.3 Å². The Hall–Kier alpha value is -3.29. The van der Waals surface area contributed by atoms with Gasteiger partial charge in [0.05, 0.1) is 12.3 Å². The van der Waals surface area contributed by atoms with Gasteiger partial charge in [-0.25, -0.2) is 14.0 Å². The molecule has 7 nitrogen and oxygen atoms in total. The smallest absolute Gasteiger partial charge is 0.409 e. The number of ether oxygens (including phenoxy) is 2. The molecule has 0 unspecified atom stereocenters. The summed E-state index contributed by atoms with van der Waals surface area (Å²) in [5.41, 5.74) is 0.434. The van der Waals surface area contributed by atoms with Crippen molar-refractivity contribution in [1.29, 1.82) is 0 Å². The maximum absolute atomic E-state index is 13.9. The molecule has 0 atom stereocenters. The molecule has 0 radical (unpaired) electrons. The number of rotatable bonds is 4. The van der Waals surface area contributed by atoms with Crippen LogP contribution < -0.4 is 10.1 Å². The minimum atomic E-state index is -0.487. The van der Waals surface area contributed by atoms with Crippen LogP contribution in [0.4, 0.5) is 19.7 Å². The third kappa shape index (κ3) is 4.70. The van der Waals surface area contributed by atoms with Gasteiger partial charge in [0, 0.05) is 26.2 Å². The van der Waals surface area contributed by atoms with Crippen LogP contribution in [-0.4, -0.2) is 54.7 Å². The second-order valence-corrected chi connectivity index (χ2v) is 6.13. The van der Waals surface area contributed by atoms with E-state index in [0.717, 1.165) is 0 Å². The molecule has 2 aromatic rings. The lowest BCUT2D eigenvalue weighted by Gasteiger charge is -2.34. The zero-order valence-electron chi connectivity index (χ0n) is 15.6. The highest BCUT2D eigenvalue weighted by molar-refractivity contribution is 5.91. The normalized spacial score (nSPS) is 13.8. The number of halogens is 1. The predicted molar refractivity (Wildman–Crippen MR) is 102 cm³/mol. The van der Waals surface area contributed by atoms with Crippen LogP contribution in [0, 0.1) is 5.82 Å². The van der Waals surface area contributed by atoms with E-state index in [1.165, 1.54) is 12.1 Å². The van der Waals surface area contributed by atoms with Gasteiger partial charge in [-0.2, -0.15) is 0 Å². The van der Waals surface area contributed by atoms with Crippen LogP contribution in [0.15, 0.2) is 48.5 Å². The number of anilines is 1. The molecule has 3 amide bonds. The number of amides is 3. The number of carbonyl (C=O) groups excluding carboxylic acids is 2. The topological polar surface area (TPSA) is 71.1 Å². The van der Waals surface area contributed by atoms with Gasteiger partial charge in [-0.05, 0) is 31.2 Å². The lowest BCUT2D eigenvalue weighted by Crippen LogP contribution is -2.51. The quantitative estimate of drug-likeness (QED) is 0.863. The number of urea groups is 1. The van der Waals surface area contributed by atoms with Crippen molar-refractivity contribution in [3.63, 3.8) is 0 Å². The first-order valence-electron chi connectivity index (χ1n) is 9.07. The summed E-state index contributed by atoms with van der Waals surface area (Å²) in [4.78, 5) is 27.5. The first-order valence-corrected chi connectivity index (χ1v) is 9.07. The molecular weight excluding hydrogens is 365 g/mol. The molecule has 1 aliphatic rings. The van der Waals surface area contributed by atoms with Crippen LogP contribution in [0.1, 0.15) is 6.92 Å². The van der Waals surface area contributed by atoms with Crippen molar-refractivity contribution < 1.29 is 23.5 Å². The van der Waals surface area contributed by atoms with Crippen LogP contribution in [0.2, 0.25) is 0 Å². The van der Waals surface area contributed by atoms with E-state index in [1.807, 2.05) is 0 Å². The number of hydrogen-bond donors (Lipinski definition) is 1. The fourth-order valence-electron chi connectivity index (χ4n) is 2.81. The molecule has 1 heterocycles. The van der Waals surface area contributed by atoms with Crippen LogP contribution in [-0.2, 0) is 4.74 Å². The summed E-state index contributed by atoms with van der Waals surface area (Å²) in [5.74, 6) is -0.0722. The van der Waals surface area contributed by atoms with Gasteiger partial charge >= 0.3 is 12.1 Å². The van der Waals surface area contributed by atoms with E-state index in [-0.39, 0.29) is 17.9 Å². The van der Waals surface area contributed by atoms with E-state index in [9.17, 15) is 14.0 Å². The monoisotopic (exact) mass is 387 g/mol. The van der Waals surface area contributed by atoms with Gasteiger partial charge in [0.1, 0.15) is 0 Å². The predicted octanol–water partition coefficient (Wildman–Crippen LogP) is 3.92. The Morgan fingerprint density at radius 3 is 2.25 bits per heavy atom. The Morgan fingerprint density at radius 2 is 1.57 bits per heavy atom. The molecule has 1 N–H and O–H groups in total. The fourth-order valence-corrected chi connectivity index (χ4v) is 2.81. The average molecular weight is 387 g/mol. The van der Waals surface area contributed by atoms with Gasteiger partial charge in [0.25, 0.3) is 0 Å². The zero-order chi connectivity index (χ0) is 19.9. The summed E-state index contributed by atoms with van der Waals surface area (Å²) >= 11 is 0. The first kappa shape index (κ1) is 19.5. The van der Waals surface area contributed by atoms with Crippen LogP contribution in [0.3, 0.4) is 0 Å². The maximum atomic E-state index is 13.9. The molecule has 0 aromatic heterocycles. The number of carbonyl (C=O) groups is 2. The maximum Gasteiger partial charge on any atom is 0.409 e. The van der Waals surface area contributed by atoms with Crippen molar-refractivity contribution in [2.75, 3.05) is 38.1 Å². The van der Waals surface area contributed by atoms with Crippen molar-refractivity contribution >= 4 is 17.8 Å². The SMILES string of the molecule is CCOC(=O)N1CCN(C(=O)Nc2ccccc2Oc2ccccc2F)CC1. The highest BCUT2D eigenvalue weighted by atomic mass is 19.1. The van der Waals surface area contributed by atoms with Crippen molar-refractivity contribution in [2.24, 2.45) is 0 Å². The number of benzene rings is 2. The molecule has 0 spiro atoms. The first-order chi connectivity index (χ1) is 13.6. The molecule has 3 rings (SSSR count). The number of para-hydroxylation sites is 3. The van der Waals surface area contributed by atoms with Crippen molar-refractivity contribution in [2.45, 2.75) is 6.92 Å². The average Bonchev–Trinajstić information content (AvgIpc) is 2.71. The highest BCUT2D eigenvalue weighted by Gasteiger charge is 2.25. The third-order valence-corrected chi connectivity index (χ3v) is 4.28. The van der Waals surface area contributed by atoms with Crippen LogP contribution in [0.5, 0.6) is 11.5 Å². The van der Waals surface area contributed by atoms with Gasteiger partial charge in [0.2, 0.25) is 0 Å². The Morgan fingerprint density at radius 1 is 0.964 bits per heavy atom. The molecule has 2 aromatic carbocycles. The molecule has 0 aliphatic carbocycles. The minimum Gasteiger partial charge on any atom is -0.452 e. The largest absolute Gasteiger partial charge is 0.452 e. The van der Waals surface area contributed by atoms with Gasteiger partial charge < -0.3 is 24.6 Å². The summed E-state index contributed by atoms with van der Waals surface area (Å²) in [6.45, 7) is 3.65. The molecule has 1 aliphatic heterocycles. The number of nitrogens with zero attached hydrogens (tertiary/aromatic N) is 2. The van der Waals surface area contributed by atoms with Gasteiger partial charge in [0.15, 0.2) is 17.3 Å². The second-order valence-electron chi connectivity index (χ2n) is 6.13. The highest BCUT2D eigenvalue weighted by Crippen LogP contribution is 2.30. The number of hydrogen-bond acceptors (Lipinski definition) is 4. The van der Waals surface area contributed by atoms with Gasteiger partial charge in [-0.15, -0.1) is 0 Å². The summed E-state index contributed by atoms with van der Waals surface area (Å²) in [6, 6.07) is 12.6. The zero-order valence-corrected chi connectivity index (χ0v) is 15.6.